The number of phenolic OH excluding ortho intramolecular Hbond substituents is 1. The zero-order valence-electron chi connectivity index (χ0n) is 28.8. The fourth-order valence-electron chi connectivity index (χ4n) is 5.90. The van der Waals surface area contributed by atoms with Gasteiger partial charge in [0.25, 0.3) is 0 Å². The van der Waals surface area contributed by atoms with Crippen LogP contribution >= 0.6 is 0 Å². The summed E-state index contributed by atoms with van der Waals surface area (Å²) in [5.74, 6) is -3.91. The van der Waals surface area contributed by atoms with Gasteiger partial charge in [-0.3, -0.25) is 19.2 Å². The van der Waals surface area contributed by atoms with E-state index >= 15 is 0 Å². The van der Waals surface area contributed by atoms with E-state index in [2.05, 4.69) is 26.3 Å². The fraction of sp³-hybridized carbons (Fsp3) is 0.225. The first-order chi connectivity index (χ1) is 25.5. The van der Waals surface area contributed by atoms with Crippen molar-refractivity contribution in [1.82, 2.24) is 26.3 Å². The second-order valence-electron chi connectivity index (χ2n) is 12.7. The summed E-state index contributed by atoms with van der Waals surface area (Å²) in [6.07, 6.45) is 2.06. The van der Waals surface area contributed by atoms with E-state index in [1.807, 2.05) is 84.9 Å². The summed E-state index contributed by atoms with van der Waals surface area (Å²) in [4.78, 5) is 69.0. The molecule has 0 aliphatic rings. The van der Waals surface area contributed by atoms with Crippen molar-refractivity contribution in [2.24, 2.45) is 5.73 Å². The molecule has 4 atom stereocenters. The molecule has 0 aliphatic carbocycles. The zero-order valence-corrected chi connectivity index (χ0v) is 28.8. The van der Waals surface area contributed by atoms with Crippen LogP contribution in [0.2, 0.25) is 0 Å². The fourth-order valence-corrected chi connectivity index (χ4v) is 5.90. The molecule has 1 heterocycles. The largest absolute Gasteiger partial charge is 0.508 e. The lowest BCUT2D eigenvalue weighted by molar-refractivity contribution is -0.141. The van der Waals surface area contributed by atoms with Crippen molar-refractivity contribution < 1.29 is 34.2 Å². The number of carboxylic acid groups (broad SMARTS) is 1. The number of H-pyrrole nitrogens is 1. The van der Waals surface area contributed by atoms with Crippen LogP contribution in [0.25, 0.3) is 10.9 Å². The van der Waals surface area contributed by atoms with Gasteiger partial charge in [-0.1, -0.05) is 91.0 Å². The SMILES string of the molecule is N[C@@H](Cc1ccccc1)C(=O)N[C@@H](Cc1ccccc1)C(=O)N[C@@H](Cc1c[nH]c2ccccc12)C(=O)NCC(=O)N[C@@H](Cc1ccc(O)cc1)C(=O)O. The quantitative estimate of drug-likeness (QED) is 0.0711. The summed E-state index contributed by atoms with van der Waals surface area (Å²) in [7, 11) is 0. The molecule has 13 nitrogen and oxygen atoms in total. The third kappa shape index (κ3) is 11.0. The Labute approximate surface area is 306 Å². The van der Waals surface area contributed by atoms with E-state index in [-0.39, 0.29) is 31.4 Å². The number of carbonyl (C=O) groups excluding carboxylic acids is 4. The molecular weight excluding hydrogens is 676 g/mol. The van der Waals surface area contributed by atoms with Gasteiger partial charge in [0.15, 0.2) is 0 Å². The average Bonchev–Trinajstić information content (AvgIpc) is 3.57. The number of aromatic hydroxyl groups is 1. The van der Waals surface area contributed by atoms with Gasteiger partial charge in [0.2, 0.25) is 23.6 Å². The number of amides is 4. The van der Waals surface area contributed by atoms with Crippen molar-refractivity contribution in [3.05, 3.63) is 138 Å². The number of aliphatic carboxylic acids is 1. The molecule has 53 heavy (non-hydrogen) atoms. The number of carbonyl (C=O) groups is 5. The van der Waals surface area contributed by atoms with E-state index in [1.165, 1.54) is 12.1 Å². The van der Waals surface area contributed by atoms with Crippen molar-refractivity contribution in [2.75, 3.05) is 6.54 Å². The van der Waals surface area contributed by atoms with Crippen LogP contribution in [0.5, 0.6) is 5.75 Å². The van der Waals surface area contributed by atoms with Crippen molar-refractivity contribution >= 4 is 40.5 Å². The molecule has 4 aromatic carbocycles. The number of hydrogen-bond donors (Lipinski definition) is 8. The number of nitrogens with one attached hydrogen (secondary N) is 5. The number of hydrogen-bond acceptors (Lipinski definition) is 7. The Morgan fingerprint density at radius 1 is 0.604 bits per heavy atom. The third-order valence-electron chi connectivity index (χ3n) is 8.72. The maximum absolute atomic E-state index is 14.0. The van der Waals surface area contributed by atoms with E-state index in [1.54, 1.807) is 18.3 Å². The highest BCUT2D eigenvalue weighted by molar-refractivity contribution is 5.95. The Kier molecular flexibility index (Phi) is 12.9. The number of phenols is 1. The Hall–Kier alpha value is -6.47. The molecule has 0 saturated heterocycles. The summed E-state index contributed by atoms with van der Waals surface area (Å²) < 4.78 is 0. The molecular formula is C40H42N6O7. The Morgan fingerprint density at radius 2 is 1.15 bits per heavy atom. The van der Waals surface area contributed by atoms with Crippen LogP contribution in [-0.4, -0.2) is 75.5 Å². The second-order valence-corrected chi connectivity index (χ2v) is 12.7. The molecule has 0 bridgehead atoms. The standard InChI is InChI=1S/C40H42N6O7/c41-31(19-25-9-3-1-4-10-25)37(49)45-33(20-26-11-5-2-6-12-26)39(51)46-34(22-28-23-42-32-14-8-7-13-30(28)32)38(50)43-24-36(48)44-35(40(52)53)21-27-15-17-29(47)18-16-27/h1-18,23,31,33-35,42,47H,19-22,24,41H2,(H,43,50)(H,44,48)(H,45,49)(H,46,51)(H,52,53)/t31-,33-,34-,35-/m0/s1. The van der Waals surface area contributed by atoms with Crippen molar-refractivity contribution in [3.8, 4) is 5.75 Å². The smallest absolute Gasteiger partial charge is 0.326 e. The van der Waals surface area contributed by atoms with E-state index in [0.29, 0.717) is 5.56 Å². The first-order valence-electron chi connectivity index (χ1n) is 17.1. The zero-order chi connectivity index (χ0) is 37.7. The van der Waals surface area contributed by atoms with E-state index in [0.717, 1.165) is 27.6 Å². The number of aromatic nitrogens is 1. The molecule has 0 fully saturated rings. The van der Waals surface area contributed by atoms with Crippen molar-refractivity contribution in [2.45, 2.75) is 49.9 Å². The highest BCUT2D eigenvalue weighted by Crippen LogP contribution is 2.19. The summed E-state index contributed by atoms with van der Waals surface area (Å²) in [6.45, 7) is -0.572. The number of rotatable bonds is 17. The number of fused-ring (bicyclic) bond motifs is 1. The number of aromatic amines is 1. The highest BCUT2D eigenvalue weighted by Gasteiger charge is 2.30. The summed E-state index contributed by atoms with van der Waals surface area (Å²) in [6, 6.07) is 27.1. The predicted molar refractivity (Wildman–Crippen MR) is 199 cm³/mol. The molecule has 0 unspecified atom stereocenters. The number of carboxylic acids is 1. The molecule has 13 heteroatoms. The predicted octanol–water partition coefficient (Wildman–Crippen LogP) is 2.13. The van der Waals surface area contributed by atoms with E-state index in [4.69, 9.17) is 5.73 Å². The van der Waals surface area contributed by atoms with Crippen LogP contribution in [0.4, 0.5) is 0 Å². The first kappa shape index (κ1) is 37.8. The molecule has 0 spiro atoms. The van der Waals surface area contributed by atoms with Crippen LogP contribution in [0.1, 0.15) is 22.3 Å². The number of para-hydroxylation sites is 1. The summed E-state index contributed by atoms with van der Waals surface area (Å²) >= 11 is 0. The lowest BCUT2D eigenvalue weighted by Crippen LogP contribution is -2.57. The minimum absolute atomic E-state index is 0.0158. The maximum atomic E-state index is 14.0. The normalized spacial score (nSPS) is 13.2. The molecule has 5 rings (SSSR count). The van der Waals surface area contributed by atoms with Crippen LogP contribution in [0, 0.1) is 0 Å². The Balaban J connectivity index is 1.31. The monoisotopic (exact) mass is 718 g/mol. The van der Waals surface area contributed by atoms with Crippen LogP contribution in [0.15, 0.2) is 115 Å². The minimum Gasteiger partial charge on any atom is -0.508 e. The van der Waals surface area contributed by atoms with Crippen molar-refractivity contribution in [1.29, 1.82) is 0 Å². The summed E-state index contributed by atoms with van der Waals surface area (Å²) in [5.41, 5.74) is 9.99. The molecule has 9 N–H and O–H groups in total. The van der Waals surface area contributed by atoms with Gasteiger partial charge in [0.1, 0.15) is 23.9 Å². The Morgan fingerprint density at radius 3 is 1.81 bits per heavy atom. The van der Waals surface area contributed by atoms with Gasteiger partial charge in [-0.2, -0.15) is 0 Å². The minimum atomic E-state index is -1.30. The molecule has 5 aromatic rings. The molecule has 4 amide bonds. The lowest BCUT2D eigenvalue weighted by atomic mass is 10.0. The highest BCUT2D eigenvalue weighted by atomic mass is 16.4. The van der Waals surface area contributed by atoms with Crippen molar-refractivity contribution in [3.63, 3.8) is 0 Å². The summed E-state index contributed by atoms with van der Waals surface area (Å²) in [5, 5.41) is 30.6. The van der Waals surface area contributed by atoms with E-state index in [9.17, 15) is 34.2 Å². The van der Waals surface area contributed by atoms with Gasteiger partial charge in [-0.15, -0.1) is 0 Å². The molecule has 274 valence electrons. The molecule has 0 saturated carbocycles. The van der Waals surface area contributed by atoms with Gasteiger partial charge < -0.3 is 42.2 Å². The molecule has 1 aromatic heterocycles. The maximum Gasteiger partial charge on any atom is 0.326 e. The number of nitrogens with two attached hydrogens (primary N) is 1. The second kappa shape index (κ2) is 18.1. The molecule has 0 aliphatic heterocycles. The topological polar surface area (TPSA) is 216 Å². The molecule has 0 radical (unpaired) electrons. The van der Waals surface area contributed by atoms with Crippen LogP contribution < -0.4 is 27.0 Å². The lowest BCUT2D eigenvalue weighted by Gasteiger charge is -2.24. The van der Waals surface area contributed by atoms with Gasteiger partial charge in [0, 0.05) is 36.4 Å². The van der Waals surface area contributed by atoms with Gasteiger partial charge in [0.05, 0.1) is 12.6 Å². The first-order valence-corrected chi connectivity index (χ1v) is 17.1. The average molecular weight is 719 g/mol. The number of benzene rings is 4. The Bertz CT molecular complexity index is 2020. The van der Waals surface area contributed by atoms with Gasteiger partial charge in [-0.05, 0) is 46.9 Å². The van der Waals surface area contributed by atoms with Crippen LogP contribution in [0.3, 0.4) is 0 Å². The van der Waals surface area contributed by atoms with Crippen LogP contribution in [-0.2, 0) is 49.7 Å². The third-order valence-corrected chi connectivity index (χ3v) is 8.72. The van der Waals surface area contributed by atoms with E-state index < -0.39 is 60.3 Å². The van der Waals surface area contributed by atoms with Gasteiger partial charge in [-0.25, -0.2) is 4.79 Å². The van der Waals surface area contributed by atoms with Gasteiger partial charge >= 0.3 is 5.97 Å².